The molecule has 28 nitrogen and oxygen atoms in total. The average Bonchev–Trinajstić information content (AvgIpc) is 2.20. The molecular formula is C59H86N14O14. The van der Waals surface area contributed by atoms with Crippen molar-refractivity contribution in [2.24, 2.45) is 10.7 Å². The molecule has 0 saturated carbocycles. The number of aliphatic imine (C=N–C) groups is 1. The van der Waals surface area contributed by atoms with E-state index >= 15 is 0 Å². The number of rotatable bonds is 33. The molecule has 1 fully saturated rings. The third-order valence-corrected chi connectivity index (χ3v) is 14.4. The maximum Gasteiger partial charge on any atom is 0.344 e. The number of aromatic hydroxyl groups is 1. The number of carboxylic acids is 3. The first-order valence-corrected chi connectivity index (χ1v) is 29.4. The van der Waals surface area contributed by atoms with Crippen molar-refractivity contribution in [3.63, 3.8) is 0 Å². The van der Waals surface area contributed by atoms with Gasteiger partial charge in [-0.25, -0.2) is 4.79 Å². The summed E-state index contributed by atoms with van der Waals surface area (Å²) in [7, 11) is 0. The normalized spacial score (nSPS) is 15.5. The molecule has 0 radical (unpaired) electrons. The summed E-state index contributed by atoms with van der Waals surface area (Å²) in [6.07, 6.45) is 2.96. The number of aliphatic carboxylic acids is 3. The highest BCUT2D eigenvalue weighted by Gasteiger charge is 2.34. The summed E-state index contributed by atoms with van der Waals surface area (Å²) in [6.45, 7) is 5.72. The summed E-state index contributed by atoms with van der Waals surface area (Å²) < 4.78 is 5.98. The molecule has 0 aromatic heterocycles. The van der Waals surface area contributed by atoms with Crippen molar-refractivity contribution in [3.8, 4) is 11.5 Å². The molecule has 2 aliphatic heterocycles. The fraction of sp³-hybridized carbons (Fsp3) is 0.525. The van der Waals surface area contributed by atoms with E-state index in [9.17, 15) is 63.6 Å². The Balaban J connectivity index is 1.08. The number of phenols is 1. The molecule has 7 amide bonds. The highest BCUT2D eigenvalue weighted by atomic mass is 16.5. The summed E-state index contributed by atoms with van der Waals surface area (Å²) in [4.78, 5) is 126. The fourth-order valence-corrected chi connectivity index (χ4v) is 9.78. The molecule has 476 valence electrons. The number of ether oxygens (including phenoxy) is 1. The van der Waals surface area contributed by atoms with Gasteiger partial charge in [0.1, 0.15) is 30.2 Å². The van der Waals surface area contributed by atoms with Crippen molar-refractivity contribution in [3.05, 3.63) is 95.1 Å². The minimum Gasteiger partial charge on any atom is -0.508 e. The Bertz CT molecular complexity index is 2700. The van der Waals surface area contributed by atoms with Crippen LogP contribution in [0.15, 0.2) is 77.8 Å². The Kier molecular flexibility index (Phi) is 30.2. The summed E-state index contributed by atoms with van der Waals surface area (Å²) >= 11 is 0. The predicted octanol–water partition coefficient (Wildman–Crippen LogP) is -0.182. The van der Waals surface area contributed by atoms with Crippen LogP contribution >= 0.6 is 0 Å². The monoisotopic (exact) mass is 1210 g/mol. The summed E-state index contributed by atoms with van der Waals surface area (Å²) in [5.74, 6) is -4.09. The van der Waals surface area contributed by atoms with Crippen LogP contribution in [0.4, 0.5) is 4.79 Å². The number of hydrogen-bond donors (Lipinski definition) is 12. The number of nitrogens with one attached hydrogen (secondary N) is 7. The van der Waals surface area contributed by atoms with E-state index in [0.717, 1.165) is 16.7 Å². The van der Waals surface area contributed by atoms with E-state index in [1.54, 1.807) is 58.0 Å². The quantitative estimate of drug-likeness (QED) is 0.0214. The van der Waals surface area contributed by atoms with Crippen LogP contribution in [0.2, 0.25) is 0 Å². The van der Waals surface area contributed by atoms with Crippen LogP contribution in [0.5, 0.6) is 11.5 Å². The predicted molar refractivity (Wildman–Crippen MR) is 321 cm³/mol. The zero-order valence-corrected chi connectivity index (χ0v) is 49.5. The topological polar surface area (TPSA) is 383 Å². The second-order valence-corrected chi connectivity index (χ2v) is 21.2. The van der Waals surface area contributed by atoms with E-state index in [4.69, 9.17) is 10.5 Å². The maximum absolute atomic E-state index is 14.6. The van der Waals surface area contributed by atoms with Gasteiger partial charge in [-0.15, -0.1) is 0 Å². The molecule has 0 bridgehead atoms. The van der Waals surface area contributed by atoms with Gasteiger partial charge in [0.15, 0.2) is 5.96 Å². The van der Waals surface area contributed by atoms with E-state index in [2.05, 4.69) is 42.2 Å². The summed E-state index contributed by atoms with van der Waals surface area (Å²) in [5.41, 5.74) is 9.49. The van der Waals surface area contributed by atoms with Crippen molar-refractivity contribution in [1.29, 1.82) is 0 Å². The molecule has 5 rings (SSSR count). The van der Waals surface area contributed by atoms with E-state index < -0.39 is 47.8 Å². The van der Waals surface area contributed by atoms with Crippen LogP contribution in [-0.4, -0.2) is 228 Å². The van der Waals surface area contributed by atoms with E-state index in [1.165, 1.54) is 12.1 Å². The molecular weight excluding hydrogens is 1130 g/mol. The first kappa shape index (κ1) is 69.3. The Hall–Kier alpha value is -8.44. The van der Waals surface area contributed by atoms with E-state index in [-0.39, 0.29) is 134 Å². The molecule has 0 spiro atoms. The number of hydrogen-bond acceptors (Lipinski definition) is 16. The number of nitrogens with zero attached hydrogens (tertiary/aromatic N) is 6. The Labute approximate surface area is 506 Å². The average molecular weight is 1220 g/mol. The Morgan fingerprint density at radius 1 is 0.563 bits per heavy atom. The molecule has 2 aliphatic rings. The van der Waals surface area contributed by atoms with Crippen LogP contribution < -0.4 is 47.7 Å². The lowest BCUT2D eigenvalue weighted by Gasteiger charge is -2.32. The smallest absolute Gasteiger partial charge is 0.344 e. The van der Waals surface area contributed by atoms with Gasteiger partial charge in [-0.1, -0.05) is 61.9 Å². The highest BCUT2D eigenvalue weighted by molar-refractivity contribution is 5.92. The van der Waals surface area contributed by atoms with Gasteiger partial charge >= 0.3 is 23.9 Å². The number of amides is 7. The number of benzene rings is 3. The van der Waals surface area contributed by atoms with Gasteiger partial charge in [-0.3, -0.25) is 62.9 Å². The number of guanidine groups is 1. The Morgan fingerprint density at radius 3 is 1.66 bits per heavy atom. The van der Waals surface area contributed by atoms with Crippen molar-refractivity contribution >= 4 is 59.4 Å². The minimum absolute atomic E-state index is 0.00621. The molecule has 0 aliphatic carbocycles. The molecule has 28 heteroatoms. The first-order chi connectivity index (χ1) is 41.8. The number of unbranched alkanes of at least 4 members (excludes halogenated alkanes) is 2. The fourth-order valence-electron chi connectivity index (χ4n) is 9.78. The molecule has 13 N–H and O–H groups in total. The van der Waals surface area contributed by atoms with E-state index in [0.29, 0.717) is 89.2 Å². The second-order valence-electron chi connectivity index (χ2n) is 21.2. The first-order valence-electron chi connectivity index (χ1n) is 29.4. The number of fused-ring (bicyclic) bond motifs is 1. The van der Waals surface area contributed by atoms with Crippen molar-refractivity contribution in [2.75, 3.05) is 118 Å². The van der Waals surface area contributed by atoms with Gasteiger partial charge in [0, 0.05) is 111 Å². The molecule has 2 atom stereocenters. The molecule has 0 unspecified atom stereocenters. The zero-order chi connectivity index (χ0) is 62.9. The lowest BCUT2D eigenvalue weighted by Crippen LogP contribution is -2.50. The second kappa shape index (κ2) is 37.9. The molecule has 3 aromatic carbocycles. The standard InChI is InChI=1S/C59H86N14O14/c1-2-49(75)62-23-24-65-59(86)68-58(60)64-22-8-11-48(56(84)66-35-42-13-17-46(74)18-14-42)67-57(85)55(73-36-44-9-5-6-10-45(44)37-73)43-15-19-47(20-16-43)87-34-25-63-50(76)12-4-3-7-21-61-51(77)38-69-26-28-70(39-52(78)79)30-32-72(41-54(82)83)33-31-71(29-27-69)40-53(80)81/h5-6,9-10,13-20,48,55,74H,2-4,7-8,11-12,21-41H2,1H3,(H,61,77)(H,62,75)(H,63,76)(H,66,84)(H,67,85)(H,78,79)(H,80,81)(H,82,83)(H4,60,64,65,68,86)/t48-,55+/m1/s1. The third-order valence-electron chi connectivity index (χ3n) is 14.4. The van der Waals surface area contributed by atoms with Crippen molar-refractivity contribution in [1.82, 2.24) is 61.7 Å². The SMILES string of the molecule is CCC(=O)NCCNC(=O)/N=C(/N)NCCC[C@@H](NC(=O)[C@H](c1ccc(OCCNC(=O)CCCCCNC(=O)CN2CCN(CC(=O)O)CCN(CC(=O)O)CCN(CC(=O)O)CC2)cc1)N1Cc2ccccc2C1)C(=O)NCc1ccc(O)cc1. The van der Waals surface area contributed by atoms with Crippen LogP contribution in [-0.2, 0) is 58.0 Å². The summed E-state index contributed by atoms with van der Waals surface area (Å²) in [6, 6.07) is 18.8. The van der Waals surface area contributed by atoms with Crippen LogP contribution in [0.3, 0.4) is 0 Å². The van der Waals surface area contributed by atoms with Gasteiger partial charge in [0.25, 0.3) is 0 Å². The van der Waals surface area contributed by atoms with Crippen LogP contribution in [0.25, 0.3) is 0 Å². The molecule has 87 heavy (non-hydrogen) atoms. The van der Waals surface area contributed by atoms with Crippen molar-refractivity contribution < 1.29 is 68.3 Å². The lowest BCUT2D eigenvalue weighted by molar-refractivity contribution is -0.140. The van der Waals surface area contributed by atoms with Gasteiger partial charge < -0.3 is 68.1 Å². The maximum atomic E-state index is 14.6. The number of carbonyl (C=O) groups is 9. The number of nitrogens with two attached hydrogens (primary N) is 1. The number of phenolic OH excluding ortho intramolecular Hbond substituents is 1. The van der Waals surface area contributed by atoms with Crippen molar-refractivity contribution in [2.45, 2.75) is 83.6 Å². The number of urea groups is 1. The lowest BCUT2D eigenvalue weighted by atomic mass is 10.0. The van der Waals surface area contributed by atoms with Gasteiger partial charge in [-0.2, -0.15) is 4.99 Å². The van der Waals surface area contributed by atoms with E-state index in [1.807, 2.05) is 34.1 Å². The Morgan fingerprint density at radius 2 is 1.09 bits per heavy atom. The number of carbonyl (C=O) groups excluding carboxylic acids is 6. The van der Waals surface area contributed by atoms with Gasteiger partial charge in [-0.05, 0) is 72.2 Å². The third kappa shape index (κ3) is 27.2. The minimum atomic E-state index is -1.04. The van der Waals surface area contributed by atoms with Gasteiger partial charge in [0.05, 0.1) is 32.7 Å². The van der Waals surface area contributed by atoms with Gasteiger partial charge in [0.2, 0.25) is 29.5 Å². The van der Waals surface area contributed by atoms with Crippen LogP contribution in [0, 0.1) is 0 Å². The number of carboxylic acid groups (broad SMARTS) is 3. The zero-order valence-electron chi connectivity index (χ0n) is 49.5. The summed E-state index contributed by atoms with van der Waals surface area (Å²) in [5, 5.41) is 57.9. The largest absolute Gasteiger partial charge is 0.508 e. The molecule has 2 heterocycles. The molecule has 3 aromatic rings. The highest BCUT2D eigenvalue weighted by Crippen LogP contribution is 2.33. The van der Waals surface area contributed by atoms with Crippen LogP contribution in [0.1, 0.15) is 80.2 Å². The molecule has 1 saturated heterocycles.